The van der Waals surface area contributed by atoms with Crippen molar-refractivity contribution in [3.05, 3.63) is 12.7 Å². The zero-order valence-electron chi connectivity index (χ0n) is 11.3. The molecule has 1 rings (SSSR count). The van der Waals surface area contributed by atoms with Gasteiger partial charge in [0, 0.05) is 0 Å². The fourth-order valence-electron chi connectivity index (χ4n) is 2.52. The zero-order valence-corrected chi connectivity index (χ0v) is 12.2. The highest BCUT2D eigenvalue weighted by Gasteiger charge is 2.29. The Morgan fingerprint density at radius 3 is 2.47 bits per heavy atom. The van der Waals surface area contributed by atoms with Crippen LogP contribution in [0.5, 0.6) is 0 Å². The molecule has 0 aromatic heterocycles. The maximum Gasteiger partial charge on any atom is 0.265 e. The van der Waals surface area contributed by atoms with Crippen LogP contribution in [-0.4, -0.2) is 55.4 Å². The molecule has 1 heterocycles. The van der Waals surface area contributed by atoms with Crippen LogP contribution in [-0.2, 0) is 13.8 Å². The first-order valence-corrected chi connectivity index (χ1v) is 8.19. The highest BCUT2D eigenvalue weighted by molar-refractivity contribution is 7.44. The fraction of sp³-hybridized carbons (Fsp3) is 0.833. The van der Waals surface area contributed by atoms with E-state index in [0.717, 1.165) is 37.0 Å². The van der Waals surface area contributed by atoms with Crippen LogP contribution < -0.4 is 4.89 Å². The second kappa shape index (κ2) is 8.15. The Hall–Kier alpha value is -0.230. The third-order valence-electron chi connectivity index (χ3n) is 3.53. The van der Waals surface area contributed by atoms with Crippen LogP contribution >= 0.6 is 7.82 Å². The molecule has 112 valence electrons. The van der Waals surface area contributed by atoms with E-state index < -0.39 is 7.82 Å². The Balaban J connectivity index is 2.40. The summed E-state index contributed by atoms with van der Waals surface area (Å²) < 4.78 is 21.3. The van der Waals surface area contributed by atoms with Crippen LogP contribution in [0.3, 0.4) is 0 Å². The quantitative estimate of drug-likeness (QED) is 0.292. The average molecular weight is 293 g/mol. The van der Waals surface area contributed by atoms with Crippen LogP contribution in [0.1, 0.15) is 19.3 Å². The van der Waals surface area contributed by atoms with Gasteiger partial charge in [0.15, 0.2) is 0 Å². The van der Waals surface area contributed by atoms with E-state index in [4.69, 9.17) is 9.63 Å². The number of quaternary nitrogens is 1. The molecule has 1 atom stereocenters. The van der Waals surface area contributed by atoms with Crippen molar-refractivity contribution in [3.63, 3.8) is 0 Å². The SMILES string of the molecule is C=CCOCC[N+]1(CCOP(=O)([O-])O)CCCCC1. The molecule has 1 fully saturated rings. The molecule has 6 nitrogen and oxygen atoms in total. The van der Waals surface area contributed by atoms with Gasteiger partial charge in [0.2, 0.25) is 0 Å². The number of nitrogens with zero attached hydrogens (tertiary/aromatic N) is 1. The Kier molecular flexibility index (Phi) is 7.21. The van der Waals surface area contributed by atoms with Gasteiger partial charge < -0.3 is 23.5 Å². The molecule has 0 spiro atoms. The van der Waals surface area contributed by atoms with Gasteiger partial charge in [-0.1, -0.05) is 6.08 Å². The van der Waals surface area contributed by atoms with Crippen molar-refractivity contribution in [1.29, 1.82) is 0 Å². The van der Waals surface area contributed by atoms with Gasteiger partial charge in [0.1, 0.15) is 19.7 Å². The van der Waals surface area contributed by atoms with E-state index in [1.54, 1.807) is 6.08 Å². The lowest BCUT2D eigenvalue weighted by atomic mass is 10.1. The molecule has 0 radical (unpaired) electrons. The normalized spacial score (nSPS) is 21.8. The predicted molar refractivity (Wildman–Crippen MR) is 70.4 cm³/mol. The number of rotatable bonds is 9. The van der Waals surface area contributed by atoms with Crippen molar-refractivity contribution in [2.24, 2.45) is 0 Å². The molecule has 1 unspecified atom stereocenters. The lowest BCUT2D eigenvalue weighted by Crippen LogP contribution is -2.54. The number of phosphoric acid groups is 1. The topological polar surface area (TPSA) is 78.8 Å². The van der Waals surface area contributed by atoms with Gasteiger partial charge in [0.05, 0.1) is 26.3 Å². The lowest BCUT2D eigenvalue weighted by molar-refractivity contribution is -0.932. The minimum atomic E-state index is -4.60. The third kappa shape index (κ3) is 7.20. The average Bonchev–Trinajstić information content (AvgIpc) is 2.34. The molecule has 1 aliphatic heterocycles. The van der Waals surface area contributed by atoms with Gasteiger partial charge in [-0.25, -0.2) is 0 Å². The molecule has 0 aromatic rings. The molecule has 1 aliphatic rings. The summed E-state index contributed by atoms with van der Waals surface area (Å²) in [5, 5.41) is 0. The van der Waals surface area contributed by atoms with Crippen molar-refractivity contribution in [3.8, 4) is 0 Å². The Bertz CT molecular complexity index is 311. The molecule has 0 aliphatic carbocycles. The number of hydrogen-bond donors (Lipinski definition) is 1. The Morgan fingerprint density at radius 2 is 1.89 bits per heavy atom. The smallest absolute Gasteiger partial charge is 0.265 e. The van der Waals surface area contributed by atoms with Crippen LogP contribution in [0.15, 0.2) is 12.7 Å². The second-order valence-electron chi connectivity index (χ2n) is 4.96. The first-order valence-electron chi connectivity index (χ1n) is 6.70. The number of piperidine rings is 1. The summed E-state index contributed by atoms with van der Waals surface area (Å²) in [7, 11) is -4.60. The molecule has 19 heavy (non-hydrogen) atoms. The minimum Gasteiger partial charge on any atom is -0.756 e. The first kappa shape index (κ1) is 16.8. The van der Waals surface area contributed by atoms with Crippen molar-refractivity contribution in [2.45, 2.75) is 19.3 Å². The van der Waals surface area contributed by atoms with E-state index in [2.05, 4.69) is 11.1 Å². The fourth-order valence-corrected chi connectivity index (χ4v) is 2.83. The van der Waals surface area contributed by atoms with Crippen molar-refractivity contribution in [2.75, 3.05) is 46.0 Å². The number of hydrogen-bond acceptors (Lipinski definition) is 4. The lowest BCUT2D eigenvalue weighted by Gasteiger charge is -2.41. The van der Waals surface area contributed by atoms with Gasteiger partial charge >= 0.3 is 0 Å². The predicted octanol–water partition coefficient (Wildman–Crippen LogP) is 0.667. The molecule has 1 saturated heterocycles. The monoisotopic (exact) mass is 293 g/mol. The molecular weight excluding hydrogens is 269 g/mol. The minimum absolute atomic E-state index is 0.0265. The van der Waals surface area contributed by atoms with Gasteiger partial charge in [0.25, 0.3) is 7.82 Å². The molecule has 0 amide bonds. The molecule has 7 heteroatoms. The van der Waals surface area contributed by atoms with Gasteiger partial charge in [-0.3, -0.25) is 4.57 Å². The third-order valence-corrected chi connectivity index (χ3v) is 4.04. The van der Waals surface area contributed by atoms with E-state index in [-0.39, 0.29) is 6.61 Å². The summed E-state index contributed by atoms with van der Waals surface area (Å²) in [6.45, 7) is 8.22. The van der Waals surface area contributed by atoms with Crippen molar-refractivity contribution < 1.29 is 28.1 Å². The Morgan fingerprint density at radius 1 is 1.26 bits per heavy atom. The summed E-state index contributed by atoms with van der Waals surface area (Å²) in [4.78, 5) is 19.2. The summed E-state index contributed by atoms with van der Waals surface area (Å²) in [6.07, 6.45) is 5.20. The van der Waals surface area contributed by atoms with Crippen LogP contribution in [0.4, 0.5) is 0 Å². The van der Waals surface area contributed by atoms with Crippen molar-refractivity contribution >= 4 is 7.82 Å². The molecule has 0 saturated carbocycles. The summed E-state index contributed by atoms with van der Waals surface area (Å²) in [6, 6.07) is 0. The van der Waals surface area contributed by atoms with Crippen LogP contribution in [0.25, 0.3) is 0 Å². The summed E-state index contributed by atoms with van der Waals surface area (Å²) in [5.41, 5.74) is 0. The van der Waals surface area contributed by atoms with E-state index in [1.165, 1.54) is 6.42 Å². The number of phosphoric ester groups is 1. The molecular formula is C12H24NO5P. The van der Waals surface area contributed by atoms with Crippen LogP contribution in [0, 0.1) is 0 Å². The molecule has 0 aromatic carbocycles. The van der Waals surface area contributed by atoms with Gasteiger partial charge in [-0.15, -0.1) is 6.58 Å². The van der Waals surface area contributed by atoms with Gasteiger partial charge in [-0.2, -0.15) is 0 Å². The second-order valence-corrected chi connectivity index (χ2v) is 6.16. The largest absolute Gasteiger partial charge is 0.756 e. The van der Waals surface area contributed by atoms with E-state index >= 15 is 0 Å². The maximum atomic E-state index is 10.6. The maximum absolute atomic E-state index is 10.6. The van der Waals surface area contributed by atoms with E-state index in [9.17, 15) is 9.46 Å². The summed E-state index contributed by atoms with van der Waals surface area (Å²) in [5.74, 6) is 0. The first-order chi connectivity index (χ1) is 8.97. The number of likely N-dealkylation sites (tertiary alicyclic amines) is 1. The zero-order chi connectivity index (χ0) is 14.2. The van der Waals surface area contributed by atoms with Gasteiger partial charge in [-0.05, 0) is 19.3 Å². The van der Waals surface area contributed by atoms with E-state index in [1.807, 2.05) is 0 Å². The highest BCUT2D eigenvalue weighted by atomic mass is 31.2. The standard InChI is InChI=1S/C12H24NO5P/c1-2-10-17-11-8-13(6-4-3-5-7-13)9-12-18-19(14,15)16/h2H,1,3-12H2,(H-,14,15,16). The van der Waals surface area contributed by atoms with Crippen LogP contribution in [0.2, 0.25) is 0 Å². The summed E-state index contributed by atoms with van der Waals surface area (Å²) >= 11 is 0. The van der Waals surface area contributed by atoms with E-state index in [0.29, 0.717) is 19.8 Å². The van der Waals surface area contributed by atoms with Crippen molar-refractivity contribution in [1.82, 2.24) is 0 Å². The molecule has 0 bridgehead atoms. The molecule has 1 N–H and O–H groups in total. The number of ether oxygens (including phenoxy) is 1. The Labute approximate surface area is 114 Å². The highest BCUT2D eigenvalue weighted by Crippen LogP contribution is 2.30.